The molecule has 3 N–H and O–H groups in total. The summed E-state index contributed by atoms with van der Waals surface area (Å²) in [4.78, 5) is 4.11. The lowest BCUT2D eigenvalue weighted by Crippen LogP contribution is -2.06. The summed E-state index contributed by atoms with van der Waals surface area (Å²) >= 11 is 5.78. The molecule has 0 unspecified atom stereocenters. The molecule has 1 rings (SSSR count). The number of unbranched alkanes of at least 4 members (excludes halogenated alkanes) is 1. The molecule has 72 valence electrons. The summed E-state index contributed by atoms with van der Waals surface area (Å²) < 4.78 is 0. The number of hydrogen-bond acceptors (Lipinski definition) is 3. The second-order valence-corrected chi connectivity index (χ2v) is 3.22. The fourth-order valence-corrected chi connectivity index (χ4v) is 1.15. The van der Waals surface area contributed by atoms with E-state index in [-0.39, 0.29) is 0 Å². The van der Waals surface area contributed by atoms with Crippen LogP contribution in [0, 0.1) is 0 Å². The van der Waals surface area contributed by atoms with Crippen LogP contribution in [0.2, 0.25) is 5.02 Å². The molecule has 0 aliphatic carbocycles. The molecule has 0 radical (unpaired) electrons. The van der Waals surface area contributed by atoms with E-state index in [2.05, 4.69) is 10.3 Å². The van der Waals surface area contributed by atoms with Gasteiger partial charge in [-0.2, -0.15) is 0 Å². The van der Waals surface area contributed by atoms with E-state index in [0.717, 1.165) is 31.7 Å². The van der Waals surface area contributed by atoms with E-state index in [1.54, 1.807) is 12.3 Å². The Morgan fingerprint density at radius 1 is 1.46 bits per heavy atom. The third-order valence-corrected chi connectivity index (χ3v) is 1.89. The molecule has 0 bridgehead atoms. The maximum Gasteiger partial charge on any atom is 0.127 e. The van der Waals surface area contributed by atoms with Crippen molar-refractivity contribution in [3.8, 4) is 0 Å². The SMILES string of the molecule is NCCCCNc1cc(Cl)ccn1. The number of halogens is 1. The van der Waals surface area contributed by atoms with Crippen molar-refractivity contribution >= 4 is 17.4 Å². The Morgan fingerprint density at radius 3 is 3.00 bits per heavy atom. The normalized spacial score (nSPS) is 10.0. The molecule has 3 nitrogen and oxygen atoms in total. The second-order valence-electron chi connectivity index (χ2n) is 2.78. The largest absolute Gasteiger partial charge is 0.370 e. The number of rotatable bonds is 5. The molecule has 0 saturated carbocycles. The first-order chi connectivity index (χ1) is 6.33. The van der Waals surface area contributed by atoms with E-state index in [0.29, 0.717) is 5.02 Å². The van der Waals surface area contributed by atoms with Gasteiger partial charge in [0.2, 0.25) is 0 Å². The smallest absolute Gasteiger partial charge is 0.127 e. The zero-order chi connectivity index (χ0) is 9.52. The average molecular weight is 200 g/mol. The van der Waals surface area contributed by atoms with Crippen LogP contribution in [0.1, 0.15) is 12.8 Å². The predicted molar refractivity (Wildman–Crippen MR) is 56.0 cm³/mol. The van der Waals surface area contributed by atoms with Crippen molar-refractivity contribution in [3.63, 3.8) is 0 Å². The lowest BCUT2D eigenvalue weighted by Gasteiger charge is -2.04. The summed E-state index contributed by atoms with van der Waals surface area (Å²) in [6, 6.07) is 3.57. The third kappa shape index (κ3) is 4.10. The first-order valence-electron chi connectivity index (χ1n) is 4.38. The summed E-state index contributed by atoms with van der Waals surface area (Å²) in [6.07, 6.45) is 3.78. The number of anilines is 1. The van der Waals surface area contributed by atoms with Crippen LogP contribution in [0.3, 0.4) is 0 Å². The van der Waals surface area contributed by atoms with Crippen LogP contribution in [-0.4, -0.2) is 18.1 Å². The first kappa shape index (κ1) is 10.3. The average Bonchev–Trinajstić information content (AvgIpc) is 2.13. The van der Waals surface area contributed by atoms with E-state index >= 15 is 0 Å². The fraction of sp³-hybridized carbons (Fsp3) is 0.444. The molecular weight excluding hydrogens is 186 g/mol. The molecule has 0 spiro atoms. The highest BCUT2D eigenvalue weighted by Gasteiger charge is 1.93. The van der Waals surface area contributed by atoms with Crippen molar-refractivity contribution in [2.24, 2.45) is 5.73 Å². The lowest BCUT2D eigenvalue weighted by atomic mass is 10.3. The molecule has 0 atom stereocenters. The highest BCUT2D eigenvalue weighted by Crippen LogP contribution is 2.11. The summed E-state index contributed by atoms with van der Waals surface area (Å²) in [5, 5.41) is 3.87. The quantitative estimate of drug-likeness (QED) is 0.713. The van der Waals surface area contributed by atoms with E-state index < -0.39 is 0 Å². The lowest BCUT2D eigenvalue weighted by molar-refractivity contribution is 0.772. The zero-order valence-electron chi connectivity index (χ0n) is 7.46. The van der Waals surface area contributed by atoms with Crippen LogP contribution in [0.4, 0.5) is 5.82 Å². The summed E-state index contributed by atoms with van der Waals surface area (Å²) in [5.41, 5.74) is 5.37. The summed E-state index contributed by atoms with van der Waals surface area (Å²) in [6.45, 7) is 1.63. The van der Waals surface area contributed by atoms with Gasteiger partial charge in [-0.1, -0.05) is 11.6 Å². The number of aromatic nitrogens is 1. The minimum absolute atomic E-state index is 0.705. The number of nitrogens with two attached hydrogens (primary N) is 1. The van der Waals surface area contributed by atoms with Crippen molar-refractivity contribution in [3.05, 3.63) is 23.4 Å². The standard InChI is InChI=1S/C9H14ClN3/c10-8-3-6-13-9(7-8)12-5-2-1-4-11/h3,6-7H,1-2,4-5,11H2,(H,12,13). The van der Waals surface area contributed by atoms with Crippen LogP contribution in [0.15, 0.2) is 18.3 Å². The van der Waals surface area contributed by atoms with Gasteiger partial charge >= 0.3 is 0 Å². The fourth-order valence-electron chi connectivity index (χ4n) is 0.987. The monoisotopic (exact) mass is 199 g/mol. The molecule has 0 aliphatic heterocycles. The van der Waals surface area contributed by atoms with Gasteiger partial charge in [-0.3, -0.25) is 0 Å². The Balaban J connectivity index is 2.28. The number of nitrogens with one attached hydrogen (secondary N) is 1. The van der Waals surface area contributed by atoms with Crippen molar-refractivity contribution in [2.75, 3.05) is 18.4 Å². The Kier molecular flexibility index (Phi) is 4.57. The van der Waals surface area contributed by atoms with Gasteiger partial charge in [0.25, 0.3) is 0 Å². The Morgan fingerprint density at radius 2 is 2.31 bits per heavy atom. The van der Waals surface area contributed by atoms with Gasteiger partial charge in [0.1, 0.15) is 5.82 Å². The summed E-state index contributed by atoms with van der Waals surface area (Å²) in [7, 11) is 0. The maximum atomic E-state index is 5.78. The van der Waals surface area contributed by atoms with Crippen LogP contribution < -0.4 is 11.1 Å². The van der Waals surface area contributed by atoms with E-state index in [1.807, 2.05) is 6.07 Å². The highest BCUT2D eigenvalue weighted by atomic mass is 35.5. The number of hydrogen-bond donors (Lipinski definition) is 2. The van der Waals surface area contributed by atoms with Gasteiger partial charge < -0.3 is 11.1 Å². The topological polar surface area (TPSA) is 50.9 Å². The van der Waals surface area contributed by atoms with Crippen LogP contribution in [0.25, 0.3) is 0 Å². The van der Waals surface area contributed by atoms with Gasteiger partial charge in [-0.25, -0.2) is 4.98 Å². The molecule has 0 saturated heterocycles. The van der Waals surface area contributed by atoms with Crippen LogP contribution >= 0.6 is 11.6 Å². The van der Waals surface area contributed by atoms with Crippen molar-refractivity contribution < 1.29 is 0 Å². The zero-order valence-corrected chi connectivity index (χ0v) is 8.22. The minimum Gasteiger partial charge on any atom is -0.370 e. The minimum atomic E-state index is 0.705. The maximum absolute atomic E-state index is 5.78. The number of nitrogens with zero attached hydrogens (tertiary/aromatic N) is 1. The van der Waals surface area contributed by atoms with E-state index in [1.165, 1.54) is 0 Å². The molecule has 0 fully saturated rings. The highest BCUT2D eigenvalue weighted by molar-refractivity contribution is 6.30. The third-order valence-electron chi connectivity index (χ3n) is 1.66. The Hall–Kier alpha value is -0.800. The molecule has 4 heteroatoms. The number of pyridine rings is 1. The molecule has 1 aromatic rings. The van der Waals surface area contributed by atoms with Gasteiger partial charge in [0.15, 0.2) is 0 Å². The van der Waals surface area contributed by atoms with Gasteiger partial charge in [0, 0.05) is 17.8 Å². The van der Waals surface area contributed by atoms with Gasteiger partial charge in [-0.05, 0) is 31.5 Å². The van der Waals surface area contributed by atoms with E-state index in [4.69, 9.17) is 17.3 Å². The van der Waals surface area contributed by atoms with Gasteiger partial charge in [-0.15, -0.1) is 0 Å². The van der Waals surface area contributed by atoms with E-state index in [9.17, 15) is 0 Å². The van der Waals surface area contributed by atoms with Gasteiger partial charge in [0.05, 0.1) is 0 Å². The summed E-state index contributed by atoms with van der Waals surface area (Å²) in [5.74, 6) is 0.824. The molecule has 0 aromatic carbocycles. The molecule has 0 amide bonds. The second kappa shape index (κ2) is 5.78. The first-order valence-corrected chi connectivity index (χ1v) is 4.76. The molecular formula is C9H14ClN3. The molecule has 1 heterocycles. The van der Waals surface area contributed by atoms with Crippen molar-refractivity contribution in [1.82, 2.24) is 4.98 Å². The molecule has 0 aliphatic rings. The Bertz CT molecular complexity index is 252. The van der Waals surface area contributed by atoms with Crippen LogP contribution in [-0.2, 0) is 0 Å². The van der Waals surface area contributed by atoms with Crippen LogP contribution in [0.5, 0.6) is 0 Å². The molecule has 1 aromatic heterocycles. The Labute approximate surface area is 83.3 Å². The predicted octanol–water partition coefficient (Wildman–Crippen LogP) is 1.89. The van der Waals surface area contributed by atoms with Crippen molar-refractivity contribution in [1.29, 1.82) is 0 Å². The molecule has 13 heavy (non-hydrogen) atoms. The van der Waals surface area contributed by atoms with Crippen molar-refractivity contribution in [2.45, 2.75) is 12.8 Å².